The van der Waals surface area contributed by atoms with Crippen molar-refractivity contribution in [2.24, 2.45) is 10.8 Å². The van der Waals surface area contributed by atoms with Crippen LogP contribution in [0.2, 0.25) is 0 Å². The van der Waals surface area contributed by atoms with Crippen molar-refractivity contribution in [3.05, 3.63) is 21.0 Å². The second-order valence-corrected chi connectivity index (χ2v) is 6.85. The molecular weight excluding hydrogens is 306 g/mol. The third-order valence-corrected chi connectivity index (χ3v) is 5.31. The molecule has 1 aromatic heterocycles. The van der Waals surface area contributed by atoms with E-state index in [4.69, 9.17) is 6.42 Å². The van der Waals surface area contributed by atoms with E-state index in [1.165, 1.54) is 4.68 Å². The maximum absolute atomic E-state index is 12.0. The van der Waals surface area contributed by atoms with E-state index >= 15 is 0 Å². The van der Waals surface area contributed by atoms with E-state index in [1.807, 2.05) is 0 Å². The summed E-state index contributed by atoms with van der Waals surface area (Å²) in [6, 6.07) is 0.320. The summed E-state index contributed by atoms with van der Waals surface area (Å²) in [7, 11) is 0. The Hall–Kier alpha value is -1.28. The fraction of sp³-hybridized carbons (Fsp3) is 0.571. The van der Waals surface area contributed by atoms with Crippen molar-refractivity contribution in [2.45, 2.75) is 40.3 Å². The van der Waals surface area contributed by atoms with Crippen LogP contribution in [0.5, 0.6) is 0 Å². The summed E-state index contributed by atoms with van der Waals surface area (Å²) in [6.07, 6.45) is 6.84. The molecule has 4 nitrogen and oxygen atoms in total. The lowest BCUT2D eigenvalue weighted by Gasteiger charge is -2.10. The van der Waals surface area contributed by atoms with Crippen LogP contribution >= 0.6 is 15.9 Å². The molecule has 0 saturated heterocycles. The van der Waals surface area contributed by atoms with E-state index < -0.39 is 0 Å². The fourth-order valence-electron chi connectivity index (χ4n) is 2.48. The van der Waals surface area contributed by atoms with Crippen molar-refractivity contribution in [2.75, 3.05) is 5.32 Å². The molecule has 1 aliphatic carbocycles. The minimum absolute atomic E-state index is 0.179. The molecule has 1 N–H and O–H groups in total. The fourth-order valence-corrected chi connectivity index (χ4v) is 2.90. The van der Waals surface area contributed by atoms with Crippen LogP contribution in [-0.2, 0) is 6.54 Å². The van der Waals surface area contributed by atoms with Crippen LogP contribution in [0.3, 0.4) is 0 Å². The van der Waals surface area contributed by atoms with Gasteiger partial charge in [-0.1, -0.05) is 33.6 Å². The van der Waals surface area contributed by atoms with Crippen LogP contribution in [0.25, 0.3) is 0 Å². The Morgan fingerprint density at radius 2 is 2.05 bits per heavy atom. The predicted molar refractivity (Wildman–Crippen MR) is 80.0 cm³/mol. The number of aromatic nitrogens is 2. The minimum Gasteiger partial charge on any atom is -0.379 e. The van der Waals surface area contributed by atoms with Gasteiger partial charge >= 0.3 is 0 Å². The van der Waals surface area contributed by atoms with Gasteiger partial charge in [0.05, 0.1) is 11.9 Å². The Bertz CT molecular complexity index is 596. The van der Waals surface area contributed by atoms with Crippen molar-refractivity contribution >= 4 is 21.6 Å². The average molecular weight is 324 g/mol. The monoisotopic (exact) mass is 323 g/mol. The average Bonchev–Trinajstić information content (AvgIpc) is 2.71. The first-order valence-electron chi connectivity index (χ1n) is 6.19. The molecule has 102 valence electrons. The molecule has 0 unspecified atom stereocenters. The number of anilines is 1. The first-order chi connectivity index (χ1) is 8.73. The van der Waals surface area contributed by atoms with E-state index in [-0.39, 0.29) is 22.9 Å². The lowest BCUT2D eigenvalue weighted by Crippen LogP contribution is -2.25. The second kappa shape index (κ2) is 4.38. The molecule has 19 heavy (non-hydrogen) atoms. The van der Waals surface area contributed by atoms with Gasteiger partial charge in [0.25, 0.3) is 5.56 Å². The van der Waals surface area contributed by atoms with Gasteiger partial charge in [0.2, 0.25) is 0 Å². The Balaban J connectivity index is 2.28. The molecule has 0 radical (unpaired) electrons. The number of nitrogens with one attached hydrogen (secondary N) is 1. The Morgan fingerprint density at radius 1 is 1.47 bits per heavy atom. The normalized spacial score (nSPS) is 19.8. The van der Waals surface area contributed by atoms with Crippen molar-refractivity contribution < 1.29 is 0 Å². The molecule has 1 fully saturated rings. The standard InChI is InChI=1S/C14H18BrN3O/c1-6-7-18-11(19)10(15)9(8-16-18)17-12-13(2,3)14(12,4)5/h1,8,12,17H,7H2,2-5H3. The second-order valence-electron chi connectivity index (χ2n) is 6.06. The summed E-state index contributed by atoms with van der Waals surface area (Å²) in [5, 5.41) is 7.47. The number of halogens is 1. The van der Waals surface area contributed by atoms with Gasteiger partial charge in [0.1, 0.15) is 11.0 Å². The van der Waals surface area contributed by atoms with Crippen molar-refractivity contribution in [3.63, 3.8) is 0 Å². The highest BCUT2D eigenvalue weighted by Gasteiger charge is 2.65. The van der Waals surface area contributed by atoms with Gasteiger partial charge in [-0.05, 0) is 26.8 Å². The lowest BCUT2D eigenvalue weighted by atomic mass is 10.0. The molecule has 1 aliphatic rings. The van der Waals surface area contributed by atoms with Gasteiger partial charge in [-0.3, -0.25) is 4.79 Å². The van der Waals surface area contributed by atoms with Gasteiger partial charge in [-0.2, -0.15) is 5.10 Å². The predicted octanol–water partition coefficient (Wildman–Crippen LogP) is 2.49. The number of nitrogens with zero attached hydrogens (tertiary/aromatic N) is 2. The summed E-state index contributed by atoms with van der Waals surface area (Å²) < 4.78 is 1.74. The largest absolute Gasteiger partial charge is 0.379 e. The van der Waals surface area contributed by atoms with Crippen LogP contribution in [0.1, 0.15) is 27.7 Å². The van der Waals surface area contributed by atoms with Crippen LogP contribution < -0.4 is 10.9 Å². The highest BCUT2D eigenvalue weighted by atomic mass is 79.9. The van der Waals surface area contributed by atoms with Crippen molar-refractivity contribution in [1.29, 1.82) is 0 Å². The van der Waals surface area contributed by atoms with E-state index in [2.05, 4.69) is 60.0 Å². The topological polar surface area (TPSA) is 46.9 Å². The Morgan fingerprint density at radius 3 is 2.53 bits per heavy atom. The molecule has 2 rings (SSSR count). The Labute approximate surface area is 121 Å². The minimum atomic E-state index is -0.209. The van der Waals surface area contributed by atoms with E-state index in [0.29, 0.717) is 10.5 Å². The summed E-state index contributed by atoms with van der Waals surface area (Å²) >= 11 is 3.33. The summed E-state index contributed by atoms with van der Waals surface area (Å²) in [5.74, 6) is 2.41. The van der Waals surface area contributed by atoms with E-state index in [0.717, 1.165) is 5.69 Å². The quantitative estimate of drug-likeness (QED) is 0.869. The third kappa shape index (κ3) is 2.08. The van der Waals surface area contributed by atoms with Gasteiger partial charge in [-0.15, -0.1) is 6.42 Å². The zero-order valence-corrected chi connectivity index (χ0v) is 13.2. The number of rotatable bonds is 3. The zero-order valence-electron chi connectivity index (χ0n) is 11.6. The lowest BCUT2D eigenvalue weighted by molar-refractivity contribution is 0.457. The Kier molecular flexibility index (Phi) is 3.26. The zero-order chi connectivity index (χ0) is 14.4. The van der Waals surface area contributed by atoms with Crippen LogP contribution in [-0.4, -0.2) is 15.8 Å². The maximum Gasteiger partial charge on any atom is 0.284 e. The molecule has 1 heterocycles. The molecule has 0 spiro atoms. The smallest absolute Gasteiger partial charge is 0.284 e. The molecule has 0 amide bonds. The number of hydrogen-bond donors (Lipinski definition) is 1. The summed E-state index contributed by atoms with van der Waals surface area (Å²) in [4.78, 5) is 12.0. The molecule has 0 aliphatic heterocycles. The van der Waals surface area contributed by atoms with Crippen molar-refractivity contribution in [1.82, 2.24) is 9.78 Å². The molecule has 0 aromatic carbocycles. The third-order valence-electron chi connectivity index (χ3n) is 4.55. The first-order valence-corrected chi connectivity index (χ1v) is 6.98. The molecule has 0 bridgehead atoms. The van der Waals surface area contributed by atoms with Crippen LogP contribution in [0, 0.1) is 23.2 Å². The molecule has 5 heteroatoms. The highest BCUT2D eigenvalue weighted by molar-refractivity contribution is 9.10. The summed E-state index contributed by atoms with van der Waals surface area (Å²) in [6.45, 7) is 9.03. The van der Waals surface area contributed by atoms with Crippen molar-refractivity contribution in [3.8, 4) is 12.3 Å². The van der Waals surface area contributed by atoms with Gasteiger partial charge in [0.15, 0.2) is 0 Å². The van der Waals surface area contributed by atoms with E-state index in [1.54, 1.807) is 6.20 Å². The molecule has 1 saturated carbocycles. The molecule has 1 aromatic rings. The SMILES string of the molecule is C#CCn1ncc(NC2C(C)(C)C2(C)C)c(Br)c1=O. The van der Waals surface area contributed by atoms with Gasteiger partial charge in [0, 0.05) is 6.04 Å². The number of hydrogen-bond acceptors (Lipinski definition) is 3. The highest BCUT2D eigenvalue weighted by Crippen LogP contribution is 2.63. The van der Waals surface area contributed by atoms with E-state index in [9.17, 15) is 4.79 Å². The number of terminal acetylenes is 1. The molecular formula is C14H18BrN3O. The molecule has 0 atom stereocenters. The van der Waals surface area contributed by atoms with Gasteiger partial charge in [-0.25, -0.2) is 4.68 Å². The summed E-state index contributed by atoms with van der Waals surface area (Å²) in [5.41, 5.74) is 0.904. The van der Waals surface area contributed by atoms with Gasteiger partial charge < -0.3 is 5.32 Å². The van der Waals surface area contributed by atoms with Crippen LogP contribution in [0.4, 0.5) is 5.69 Å². The maximum atomic E-state index is 12.0. The van der Waals surface area contributed by atoms with Crippen LogP contribution in [0.15, 0.2) is 15.5 Å². The first kappa shape index (κ1) is 14.1.